The first kappa shape index (κ1) is 26.6. The highest BCUT2D eigenvalue weighted by Gasteiger charge is 2.38. The summed E-state index contributed by atoms with van der Waals surface area (Å²) >= 11 is -1.66. The van der Waals surface area contributed by atoms with Crippen molar-refractivity contribution in [2.75, 3.05) is 6.61 Å². The second kappa shape index (κ2) is 10.3. The summed E-state index contributed by atoms with van der Waals surface area (Å²) in [6.45, 7) is 12.9. The van der Waals surface area contributed by atoms with Crippen LogP contribution in [0, 0.1) is 32.4 Å². The summed E-state index contributed by atoms with van der Waals surface area (Å²) in [7, 11) is 0. The van der Waals surface area contributed by atoms with Crippen molar-refractivity contribution in [3.63, 3.8) is 0 Å². The van der Waals surface area contributed by atoms with Crippen LogP contribution >= 0.6 is 0 Å². The van der Waals surface area contributed by atoms with Crippen molar-refractivity contribution in [3.8, 4) is 11.1 Å². The van der Waals surface area contributed by atoms with E-state index >= 15 is 8.78 Å². The van der Waals surface area contributed by atoms with E-state index in [1.54, 1.807) is 33.8 Å². The second-order valence-corrected chi connectivity index (χ2v) is 12.2. The van der Waals surface area contributed by atoms with Crippen LogP contribution in [0.1, 0.15) is 86.7 Å². The molecule has 2 aromatic rings. The number of rotatable bonds is 8. The Hall–Kier alpha value is -1.96. The van der Waals surface area contributed by atoms with Gasteiger partial charge in [0.15, 0.2) is 0 Å². The van der Waals surface area contributed by atoms with E-state index in [1.165, 1.54) is 0 Å². The van der Waals surface area contributed by atoms with Gasteiger partial charge in [-0.1, -0.05) is 17.7 Å². The molecule has 2 atom stereocenters. The first-order valence-electron chi connectivity index (χ1n) is 11.8. The fourth-order valence-electron chi connectivity index (χ4n) is 4.36. The Morgan fingerprint density at radius 3 is 2.24 bits per heavy atom. The van der Waals surface area contributed by atoms with E-state index in [9.17, 15) is 9.35 Å². The zero-order valence-electron chi connectivity index (χ0n) is 21.1. The minimum atomic E-state index is -1.66. The van der Waals surface area contributed by atoms with Crippen LogP contribution in [0.3, 0.4) is 0 Å². The van der Waals surface area contributed by atoms with Crippen molar-refractivity contribution in [1.82, 2.24) is 4.72 Å². The fourth-order valence-corrected chi connectivity index (χ4v) is 5.17. The zero-order valence-corrected chi connectivity index (χ0v) is 21.9. The maximum Gasteiger partial charge on any atom is 0.307 e. The van der Waals surface area contributed by atoms with Crippen LogP contribution in [0.25, 0.3) is 11.1 Å². The van der Waals surface area contributed by atoms with Gasteiger partial charge < -0.3 is 9.29 Å². The number of aryl methyl sites for hydroxylation is 3. The molecule has 0 radical (unpaired) electrons. The molecule has 0 saturated heterocycles. The quantitative estimate of drug-likeness (QED) is 0.339. The minimum absolute atomic E-state index is 0.0144. The third-order valence-electron chi connectivity index (χ3n) is 6.06. The lowest BCUT2D eigenvalue weighted by atomic mass is 9.88. The zero-order chi connectivity index (χ0) is 25.4. The smallest absolute Gasteiger partial charge is 0.307 e. The summed E-state index contributed by atoms with van der Waals surface area (Å²) < 4.78 is 52.3. The van der Waals surface area contributed by atoms with Crippen molar-refractivity contribution in [3.05, 3.63) is 57.7 Å². The van der Waals surface area contributed by atoms with Gasteiger partial charge in [0.1, 0.15) is 16.4 Å². The third-order valence-corrected chi connectivity index (χ3v) is 7.67. The lowest BCUT2D eigenvalue weighted by Crippen LogP contribution is -2.42. The number of esters is 1. The molecule has 0 spiro atoms. The molecule has 4 nitrogen and oxygen atoms in total. The molecule has 1 aliphatic carbocycles. The van der Waals surface area contributed by atoms with Crippen molar-refractivity contribution < 1.29 is 22.9 Å². The van der Waals surface area contributed by atoms with Crippen molar-refractivity contribution in [2.45, 2.75) is 84.4 Å². The Kier molecular flexibility index (Phi) is 8.10. The van der Waals surface area contributed by atoms with Gasteiger partial charge in [-0.2, -0.15) is 0 Å². The number of carbonyl (C=O) groups excluding carboxylic acids is 1. The van der Waals surface area contributed by atoms with Gasteiger partial charge >= 0.3 is 5.97 Å². The first-order chi connectivity index (χ1) is 15.8. The number of halogens is 2. The number of hydrogen-bond acceptors (Lipinski definition) is 4. The molecule has 2 aromatic carbocycles. The van der Waals surface area contributed by atoms with E-state index in [4.69, 9.17) is 4.74 Å². The van der Waals surface area contributed by atoms with Gasteiger partial charge in [-0.25, -0.2) is 8.78 Å². The van der Waals surface area contributed by atoms with Crippen LogP contribution in [0.4, 0.5) is 8.78 Å². The molecular formula is C27H35F2NO3S. The standard InChI is InChI=1S/C27H35F2NO3S/c1-8-33-22(31)14-21(30-34(32)27(5,6)7)24-25(28)19(18-9-10-18)13-20(26(24)29)23-16(3)11-15(2)12-17(23)4/h11-13,18,21,30H,8-10,14H2,1-7H3/t21-,34?/m0/s1. The van der Waals surface area contributed by atoms with Crippen LogP contribution in [-0.4, -0.2) is 21.9 Å². The van der Waals surface area contributed by atoms with E-state index in [0.717, 1.165) is 35.1 Å². The highest BCUT2D eigenvalue weighted by molar-refractivity contribution is 7.90. The average molecular weight is 492 g/mol. The molecule has 0 amide bonds. The van der Waals surface area contributed by atoms with Gasteiger partial charge in [0.2, 0.25) is 0 Å². The molecular weight excluding hydrogens is 456 g/mol. The summed E-state index contributed by atoms with van der Waals surface area (Å²) in [5.41, 5.74) is 4.08. The van der Waals surface area contributed by atoms with Gasteiger partial charge in [-0.3, -0.25) is 4.79 Å². The lowest BCUT2D eigenvalue weighted by Gasteiger charge is -2.29. The summed E-state index contributed by atoms with van der Waals surface area (Å²) in [6.07, 6.45) is 1.33. The SMILES string of the molecule is CCOC(=O)C[C@H](N[S+]([O-])C(C)(C)C)c1c(F)c(-c2c(C)cc(C)cc2C)cc(C2CC2)c1F. The number of ether oxygens (including phenoxy) is 1. The first-order valence-corrected chi connectivity index (χ1v) is 12.9. The van der Waals surface area contributed by atoms with Gasteiger partial charge in [0.05, 0.1) is 19.1 Å². The molecule has 7 heteroatoms. The number of hydrogen-bond donors (Lipinski definition) is 1. The summed E-state index contributed by atoms with van der Waals surface area (Å²) in [5.74, 6) is -1.99. The molecule has 34 heavy (non-hydrogen) atoms. The number of nitrogens with one attached hydrogen (secondary N) is 1. The van der Waals surface area contributed by atoms with Crippen LogP contribution in [0.2, 0.25) is 0 Å². The molecule has 0 aromatic heterocycles. The predicted octanol–water partition coefficient (Wildman–Crippen LogP) is 6.48. The molecule has 186 valence electrons. The summed E-state index contributed by atoms with van der Waals surface area (Å²) in [4.78, 5) is 12.4. The molecule has 1 saturated carbocycles. The lowest BCUT2D eigenvalue weighted by molar-refractivity contribution is -0.143. The van der Waals surface area contributed by atoms with E-state index in [0.29, 0.717) is 11.1 Å². The largest absolute Gasteiger partial charge is 0.598 e. The molecule has 3 rings (SSSR count). The van der Waals surface area contributed by atoms with Gasteiger partial charge in [-0.05, 0) is 95.5 Å². The fraction of sp³-hybridized carbons (Fsp3) is 0.519. The Morgan fingerprint density at radius 1 is 1.15 bits per heavy atom. The predicted molar refractivity (Wildman–Crippen MR) is 133 cm³/mol. The van der Waals surface area contributed by atoms with E-state index in [2.05, 4.69) is 4.72 Å². The second-order valence-electron chi connectivity index (χ2n) is 10.2. The van der Waals surface area contributed by atoms with E-state index in [-0.39, 0.29) is 24.5 Å². The summed E-state index contributed by atoms with van der Waals surface area (Å²) in [5, 5.41) is 0. The average Bonchev–Trinajstić information content (AvgIpc) is 3.53. The monoisotopic (exact) mass is 491 g/mol. The Bertz CT molecular complexity index is 1050. The maximum atomic E-state index is 16.2. The van der Waals surface area contributed by atoms with Crippen LogP contribution in [0.5, 0.6) is 0 Å². The molecule has 0 aliphatic heterocycles. The van der Waals surface area contributed by atoms with Crippen molar-refractivity contribution in [2.24, 2.45) is 0 Å². The van der Waals surface area contributed by atoms with Crippen LogP contribution in [-0.2, 0) is 20.9 Å². The minimum Gasteiger partial charge on any atom is -0.598 e. The normalized spacial score (nSPS) is 15.8. The van der Waals surface area contributed by atoms with Crippen LogP contribution < -0.4 is 4.72 Å². The maximum absolute atomic E-state index is 16.2. The van der Waals surface area contributed by atoms with Gasteiger partial charge in [-0.15, -0.1) is 4.72 Å². The van der Waals surface area contributed by atoms with Crippen molar-refractivity contribution >= 4 is 17.3 Å². The highest BCUT2D eigenvalue weighted by Crippen LogP contribution is 2.46. The van der Waals surface area contributed by atoms with E-state index < -0.39 is 39.8 Å². The number of benzene rings is 2. The Labute approximate surface area is 204 Å². The molecule has 1 N–H and O–H groups in total. The van der Waals surface area contributed by atoms with Gasteiger partial charge in [0.25, 0.3) is 0 Å². The molecule has 1 fully saturated rings. The Balaban J connectivity index is 2.23. The molecule has 0 heterocycles. The topological polar surface area (TPSA) is 61.4 Å². The molecule has 0 bridgehead atoms. The number of carbonyl (C=O) groups is 1. The molecule has 1 aliphatic rings. The van der Waals surface area contributed by atoms with Gasteiger partial charge in [0, 0.05) is 22.5 Å². The third kappa shape index (κ3) is 5.81. The molecule has 1 unspecified atom stereocenters. The van der Waals surface area contributed by atoms with Crippen molar-refractivity contribution in [1.29, 1.82) is 0 Å². The summed E-state index contributed by atoms with van der Waals surface area (Å²) in [6, 6.07) is 4.44. The van der Waals surface area contributed by atoms with Crippen LogP contribution in [0.15, 0.2) is 18.2 Å². The highest BCUT2D eigenvalue weighted by atomic mass is 32.2. The Morgan fingerprint density at radius 2 is 1.74 bits per heavy atom. The van der Waals surface area contributed by atoms with E-state index in [1.807, 2.05) is 32.9 Å².